The molecule has 0 radical (unpaired) electrons. The third-order valence-corrected chi connectivity index (χ3v) is 3.44. The Balaban J connectivity index is 1.75. The minimum absolute atomic E-state index is 0.171. The molecule has 0 aliphatic heterocycles. The Kier molecular flexibility index (Phi) is 7.22. The summed E-state index contributed by atoms with van der Waals surface area (Å²) in [4.78, 5) is 8.50. The minimum Gasteiger partial charge on any atom is -0.371 e. The van der Waals surface area contributed by atoms with Crippen LogP contribution in [0.4, 0.5) is 0 Å². The first kappa shape index (κ1) is 17.9. The molecule has 2 rings (SSSR count). The smallest absolute Gasteiger partial charge is 0.246 e. The van der Waals surface area contributed by atoms with Gasteiger partial charge in [0.2, 0.25) is 5.89 Å². The van der Waals surface area contributed by atoms with Crippen LogP contribution in [-0.4, -0.2) is 36.3 Å². The number of guanidine groups is 1. The van der Waals surface area contributed by atoms with Crippen LogP contribution in [0.5, 0.6) is 0 Å². The Bertz CT molecular complexity index is 627. The first-order chi connectivity index (χ1) is 11.7. The average molecular weight is 331 g/mol. The average Bonchev–Trinajstić information content (AvgIpc) is 3.08. The van der Waals surface area contributed by atoms with E-state index in [1.807, 2.05) is 32.0 Å². The second-order valence-electron chi connectivity index (χ2n) is 5.23. The van der Waals surface area contributed by atoms with Crippen molar-refractivity contribution in [3.63, 3.8) is 0 Å². The van der Waals surface area contributed by atoms with Crippen LogP contribution in [0.2, 0.25) is 0 Å². The lowest BCUT2D eigenvalue weighted by Gasteiger charge is -2.10. The van der Waals surface area contributed by atoms with Crippen LogP contribution < -0.4 is 10.6 Å². The quantitative estimate of drug-likeness (QED) is 0.569. The van der Waals surface area contributed by atoms with Gasteiger partial charge in [-0.2, -0.15) is 4.98 Å². The molecule has 24 heavy (non-hydrogen) atoms. The summed E-state index contributed by atoms with van der Waals surface area (Å²) >= 11 is 0. The first-order valence-corrected chi connectivity index (χ1v) is 8.15. The summed E-state index contributed by atoms with van der Waals surface area (Å²) in [6.45, 7) is 5.65. The normalized spacial score (nSPS) is 12.9. The molecule has 0 saturated carbocycles. The highest BCUT2D eigenvalue weighted by Gasteiger charge is 2.13. The van der Waals surface area contributed by atoms with Gasteiger partial charge in [0.15, 0.2) is 11.8 Å². The summed E-state index contributed by atoms with van der Waals surface area (Å²) in [7, 11) is 1.73. The molecule has 1 aromatic carbocycles. The van der Waals surface area contributed by atoms with E-state index in [2.05, 4.69) is 37.9 Å². The van der Waals surface area contributed by atoms with E-state index in [0.717, 1.165) is 13.0 Å². The van der Waals surface area contributed by atoms with Gasteiger partial charge < -0.3 is 19.9 Å². The lowest BCUT2D eigenvalue weighted by molar-refractivity contribution is 0.0683. The summed E-state index contributed by atoms with van der Waals surface area (Å²) < 4.78 is 10.7. The number of hydrogen-bond donors (Lipinski definition) is 2. The van der Waals surface area contributed by atoms with Gasteiger partial charge in [0.25, 0.3) is 0 Å². The fourth-order valence-corrected chi connectivity index (χ4v) is 2.18. The first-order valence-electron chi connectivity index (χ1n) is 8.15. The molecule has 0 bridgehead atoms. The molecule has 7 nitrogen and oxygen atoms in total. The van der Waals surface area contributed by atoms with Crippen molar-refractivity contribution in [3.05, 3.63) is 47.6 Å². The third kappa shape index (κ3) is 5.66. The Labute approximate surface area is 142 Å². The number of aromatic nitrogens is 2. The molecule has 0 aliphatic carbocycles. The summed E-state index contributed by atoms with van der Waals surface area (Å²) in [6, 6.07) is 10.3. The summed E-state index contributed by atoms with van der Waals surface area (Å²) in [6.07, 6.45) is 0.758. The van der Waals surface area contributed by atoms with Crippen LogP contribution in [0.1, 0.15) is 37.2 Å². The molecule has 0 aliphatic rings. The number of benzene rings is 1. The van der Waals surface area contributed by atoms with Crippen molar-refractivity contribution in [1.29, 1.82) is 0 Å². The Morgan fingerprint density at radius 3 is 2.79 bits per heavy atom. The lowest BCUT2D eigenvalue weighted by atomic mass is 10.1. The predicted octanol–water partition coefficient (Wildman–Crippen LogP) is 2.07. The van der Waals surface area contributed by atoms with Gasteiger partial charge in [0.1, 0.15) is 6.10 Å². The summed E-state index contributed by atoms with van der Waals surface area (Å²) in [5.41, 5.74) is 1.28. The fourth-order valence-electron chi connectivity index (χ4n) is 2.18. The molecular weight excluding hydrogens is 306 g/mol. The van der Waals surface area contributed by atoms with E-state index < -0.39 is 0 Å². The summed E-state index contributed by atoms with van der Waals surface area (Å²) in [5, 5.41) is 10.3. The Hall–Kier alpha value is -2.41. The number of aliphatic imine (C=N–C) groups is 1. The maximum atomic E-state index is 5.44. The molecule has 2 aromatic rings. The number of ether oxygens (including phenoxy) is 1. The molecular formula is C17H25N5O2. The van der Waals surface area contributed by atoms with Gasteiger partial charge >= 0.3 is 0 Å². The zero-order valence-corrected chi connectivity index (χ0v) is 14.5. The van der Waals surface area contributed by atoms with E-state index in [4.69, 9.17) is 9.26 Å². The molecule has 1 heterocycles. The lowest BCUT2D eigenvalue weighted by Crippen LogP contribution is -2.37. The predicted molar refractivity (Wildman–Crippen MR) is 92.7 cm³/mol. The van der Waals surface area contributed by atoms with Gasteiger partial charge in [-0.1, -0.05) is 35.5 Å². The van der Waals surface area contributed by atoms with E-state index in [1.54, 1.807) is 7.05 Å². The van der Waals surface area contributed by atoms with Crippen LogP contribution in [0, 0.1) is 0 Å². The Morgan fingerprint density at radius 1 is 1.29 bits per heavy atom. The van der Waals surface area contributed by atoms with Crippen molar-refractivity contribution >= 4 is 5.96 Å². The molecule has 0 spiro atoms. The van der Waals surface area contributed by atoms with Crippen LogP contribution >= 0.6 is 0 Å². The van der Waals surface area contributed by atoms with Crippen molar-refractivity contribution in [2.24, 2.45) is 4.99 Å². The SMILES string of the molecule is CCOC(C)c1noc(CNC(=NC)NCCc2ccccc2)n1. The molecule has 1 unspecified atom stereocenters. The van der Waals surface area contributed by atoms with E-state index in [1.165, 1.54) is 5.56 Å². The van der Waals surface area contributed by atoms with Gasteiger partial charge in [-0.3, -0.25) is 4.99 Å². The van der Waals surface area contributed by atoms with Gasteiger partial charge in [0, 0.05) is 20.2 Å². The van der Waals surface area contributed by atoms with E-state index >= 15 is 0 Å². The van der Waals surface area contributed by atoms with Crippen molar-refractivity contribution in [3.8, 4) is 0 Å². The molecule has 0 saturated heterocycles. The maximum absolute atomic E-state index is 5.44. The van der Waals surface area contributed by atoms with Crippen LogP contribution in [-0.2, 0) is 17.7 Å². The zero-order chi connectivity index (χ0) is 17.2. The second-order valence-corrected chi connectivity index (χ2v) is 5.23. The van der Waals surface area contributed by atoms with Gasteiger partial charge in [-0.15, -0.1) is 0 Å². The highest BCUT2D eigenvalue weighted by atomic mass is 16.5. The zero-order valence-electron chi connectivity index (χ0n) is 14.5. The highest BCUT2D eigenvalue weighted by Crippen LogP contribution is 2.12. The molecule has 0 fully saturated rings. The standard InChI is InChI=1S/C17H25N5O2/c1-4-23-13(2)16-21-15(24-22-16)12-20-17(18-3)19-11-10-14-8-6-5-7-9-14/h5-9,13H,4,10-12H2,1-3H3,(H2,18,19,20). The maximum Gasteiger partial charge on any atom is 0.246 e. The largest absolute Gasteiger partial charge is 0.371 e. The molecule has 1 atom stereocenters. The van der Waals surface area contributed by atoms with E-state index in [9.17, 15) is 0 Å². The number of nitrogens with one attached hydrogen (secondary N) is 2. The van der Waals surface area contributed by atoms with Crippen LogP contribution in [0.3, 0.4) is 0 Å². The molecule has 0 amide bonds. The minimum atomic E-state index is -0.171. The number of nitrogens with zero attached hydrogens (tertiary/aromatic N) is 3. The van der Waals surface area contributed by atoms with Crippen molar-refractivity contribution in [2.75, 3.05) is 20.2 Å². The van der Waals surface area contributed by atoms with Crippen LogP contribution in [0.25, 0.3) is 0 Å². The van der Waals surface area contributed by atoms with Crippen LogP contribution in [0.15, 0.2) is 39.8 Å². The third-order valence-electron chi connectivity index (χ3n) is 3.44. The monoisotopic (exact) mass is 331 g/mol. The fraction of sp³-hybridized carbons (Fsp3) is 0.471. The number of hydrogen-bond acceptors (Lipinski definition) is 5. The van der Waals surface area contributed by atoms with Crippen molar-refractivity contribution < 1.29 is 9.26 Å². The molecule has 2 N–H and O–H groups in total. The topological polar surface area (TPSA) is 84.6 Å². The van der Waals surface area contributed by atoms with Crippen molar-refractivity contribution in [1.82, 2.24) is 20.8 Å². The van der Waals surface area contributed by atoms with E-state index in [-0.39, 0.29) is 6.10 Å². The molecule has 7 heteroatoms. The highest BCUT2D eigenvalue weighted by molar-refractivity contribution is 5.79. The van der Waals surface area contributed by atoms with Crippen molar-refractivity contribution in [2.45, 2.75) is 32.9 Å². The van der Waals surface area contributed by atoms with Gasteiger partial charge in [0.05, 0.1) is 6.54 Å². The molecule has 130 valence electrons. The number of rotatable bonds is 8. The molecule has 1 aromatic heterocycles. The summed E-state index contributed by atoms with van der Waals surface area (Å²) in [5.74, 6) is 1.76. The van der Waals surface area contributed by atoms with E-state index in [0.29, 0.717) is 30.8 Å². The Morgan fingerprint density at radius 2 is 2.08 bits per heavy atom. The van der Waals surface area contributed by atoms with Gasteiger partial charge in [-0.25, -0.2) is 0 Å². The van der Waals surface area contributed by atoms with Gasteiger partial charge in [-0.05, 0) is 25.8 Å². The second kappa shape index (κ2) is 9.67.